The van der Waals surface area contributed by atoms with Crippen LogP contribution < -0.4 is 16.9 Å². The molecular weight excluding hydrogens is 182 g/mol. The molecule has 0 aromatic carbocycles. The molecule has 0 saturated carbocycles. The van der Waals surface area contributed by atoms with Gasteiger partial charge in [0.25, 0.3) is 0 Å². The summed E-state index contributed by atoms with van der Waals surface area (Å²) in [5, 5.41) is 0. The molecule has 5 N–H and O–H groups in total. The third kappa shape index (κ3) is 1.25. The van der Waals surface area contributed by atoms with Gasteiger partial charge >= 0.3 is 0 Å². The number of imidazole rings is 1. The van der Waals surface area contributed by atoms with Crippen molar-refractivity contribution in [2.45, 2.75) is 6.54 Å². The average Bonchev–Trinajstić information content (AvgIpc) is 2.49. The summed E-state index contributed by atoms with van der Waals surface area (Å²) in [4.78, 5) is 18.3. The van der Waals surface area contributed by atoms with Gasteiger partial charge in [0, 0.05) is 19.2 Å². The van der Waals surface area contributed by atoms with Crippen molar-refractivity contribution >= 4 is 17.0 Å². The van der Waals surface area contributed by atoms with E-state index in [0.29, 0.717) is 30.1 Å². The maximum Gasteiger partial charge on any atom is 0.211 e. The predicted molar refractivity (Wildman–Crippen MR) is 53.8 cm³/mol. The zero-order valence-corrected chi connectivity index (χ0v) is 7.53. The highest BCUT2D eigenvalue weighted by atomic mass is 16.1. The quantitative estimate of drug-likeness (QED) is 0.584. The zero-order chi connectivity index (χ0) is 10.1. The van der Waals surface area contributed by atoms with Crippen LogP contribution in [0.1, 0.15) is 0 Å². The standard InChI is InChI=1S/C8H11N5O/c9-1-2-13-4-11-7-5(14)3-6(10)12-8(7)13/h3-4H,1-2,9H2,(H3,10,12,14). The van der Waals surface area contributed by atoms with Crippen molar-refractivity contribution in [2.75, 3.05) is 12.3 Å². The Labute approximate surface area is 79.5 Å². The fraction of sp³-hybridized carbons (Fsp3) is 0.250. The third-order valence-corrected chi connectivity index (χ3v) is 1.99. The Balaban J connectivity index is 2.72. The Morgan fingerprint density at radius 2 is 2.36 bits per heavy atom. The number of nitrogens with two attached hydrogens (primary N) is 2. The molecule has 2 aromatic rings. The van der Waals surface area contributed by atoms with Gasteiger partial charge in [-0.25, -0.2) is 4.98 Å². The largest absolute Gasteiger partial charge is 0.385 e. The number of nitrogens with zero attached hydrogens (tertiary/aromatic N) is 2. The summed E-state index contributed by atoms with van der Waals surface area (Å²) < 4.78 is 1.77. The van der Waals surface area contributed by atoms with E-state index in [9.17, 15) is 4.79 Å². The lowest BCUT2D eigenvalue weighted by atomic mass is 10.4. The van der Waals surface area contributed by atoms with Crippen LogP contribution in [-0.4, -0.2) is 21.1 Å². The van der Waals surface area contributed by atoms with Crippen molar-refractivity contribution in [2.24, 2.45) is 5.73 Å². The molecule has 2 aromatic heterocycles. The van der Waals surface area contributed by atoms with Gasteiger partial charge in [0.2, 0.25) is 5.43 Å². The van der Waals surface area contributed by atoms with E-state index in [-0.39, 0.29) is 5.43 Å². The highest BCUT2D eigenvalue weighted by molar-refractivity contribution is 5.72. The molecule has 0 aliphatic rings. The van der Waals surface area contributed by atoms with Gasteiger partial charge in [-0.3, -0.25) is 4.79 Å². The van der Waals surface area contributed by atoms with Crippen LogP contribution in [0, 0.1) is 0 Å². The molecule has 0 unspecified atom stereocenters. The lowest BCUT2D eigenvalue weighted by Gasteiger charge is -2.01. The number of anilines is 1. The van der Waals surface area contributed by atoms with Gasteiger partial charge in [-0.15, -0.1) is 0 Å². The summed E-state index contributed by atoms with van der Waals surface area (Å²) in [6.07, 6.45) is 1.58. The molecule has 2 rings (SSSR count). The Morgan fingerprint density at radius 1 is 1.57 bits per heavy atom. The summed E-state index contributed by atoms with van der Waals surface area (Å²) in [7, 11) is 0. The molecule has 0 radical (unpaired) electrons. The number of aromatic nitrogens is 3. The van der Waals surface area contributed by atoms with E-state index < -0.39 is 0 Å². The number of pyridine rings is 1. The minimum absolute atomic E-state index is 0.174. The lowest BCUT2D eigenvalue weighted by Crippen LogP contribution is -2.11. The summed E-state index contributed by atoms with van der Waals surface area (Å²) in [6, 6.07) is 1.32. The molecule has 0 atom stereocenters. The first-order valence-corrected chi connectivity index (χ1v) is 4.26. The summed E-state index contributed by atoms with van der Waals surface area (Å²) in [5.41, 5.74) is 11.8. The molecule has 0 aliphatic carbocycles. The second-order valence-corrected chi connectivity index (χ2v) is 3.01. The van der Waals surface area contributed by atoms with Crippen molar-refractivity contribution < 1.29 is 0 Å². The van der Waals surface area contributed by atoms with Gasteiger partial charge in [-0.2, -0.15) is 0 Å². The number of nitrogens with one attached hydrogen (secondary N) is 1. The SMILES string of the molecule is NCCn1cnc2c(=O)cc(N)[nH]c21. The van der Waals surface area contributed by atoms with Crippen LogP contribution in [0.2, 0.25) is 0 Å². The van der Waals surface area contributed by atoms with Crippen LogP contribution >= 0.6 is 0 Å². The van der Waals surface area contributed by atoms with Gasteiger partial charge in [0.1, 0.15) is 11.5 Å². The van der Waals surface area contributed by atoms with Crippen LogP contribution in [-0.2, 0) is 6.54 Å². The van der Waals surface area contributed by atoms with Gasteiger partial charge in [0.15, 0.2) is 5.52 Å². The summed E-state index contributed by atoms with van der Waals surface area (Å²) in [5.74, 6) is 0.335. The Bertz CT molecular complexity index is 512. The molecule has 14 heavy (non-hydrogen) atoms. The maximum absolute atomic E-state index is 11.4. The minimum atomic E-state index is -0.174. The van der Waals surface area contributed by atoms with E-state index in [1.54, 1.807) is 10.9 Å². The van der Waals surface area contributed by atoms with E-state index in [4.69, 9.17) is 11.5 Å². The smallest absolute Gasteiger partial charge is 0.211 e. The third-order valence-electron chi connectivity index (χ3n) is 1.99. The monoisotopic (exact) mass is 193 g/mol. The Kier molecular flexibility index (Phi) is 1.97. The van der Waals surface area contributed by atoms with Gasteiger partial charge in [-0.1, -0.05) is 0 Å². The molecule has 0 amide bonds. The van der Waals surface area contributed by atoms with E-state index in [1.807, 2.05) is 0 Å². The molecule has 0 spiro atoms. The second-order valence-electron chi connectivity index (χ2n) is 3.01. The molecular formula is C8H11N5O. The summed E-state index contributed by atoms with van der Waals surface area (Å²) >= 11 is 0. The predicted octanol–water partition coefficient (Wildman–Crippen LogP) is -0.735. The zero-order valence-electron chi connectivity index (χ0n) is 7.53. The normalized spacial score (nSPS) is 10.9. The fourth-order valence-corrected chi connectivity index (χ4v) is 1.38. The number of nitrogen functional groups attached to an aromatic ring is 1. The van der Waals surface area contributed by atoms with Crippen molar-refractivity contribution in [3.05, 3.63) is 22.6 Å². The van der Waals surface area contributed by atoms with Crippen LogP contribution in [0.3, 0.4) is 0 Å². The minimum Gasteiger partial charge on any atom is -0.385 e. The average molecular weight is 193 g/mol. The molecule has 6 nitrogen and oxygen atoms in total. The first kappa shape index (κ1) is 8.76. The molecule has 0 saturated heterocycles. The van der Waals surface area contributed by atoms with Crippen molar-refractivity contribution in [3.63, 3.8) is 0 Å². The number of hydrogen-bond donors (Lipinski definition) is 3. The van der Waals surface area contributed by atoms with Crippen LogP contribution in [0.15, 0.2) is 17.2 Å². The molecule has 0 fully saturated rings. The van der Waals surface area contributed by atoms with Crippen molar-refractivity contribution in [3.8, 4) is 0 Å². The number of aromatic amines is 1. The lowest BCUT2D eigenvalue weighted by molar-refractivity contribution is 0.722. The van der Waals surface area contributed by atoms with Crippen molar-refractivity contribution in [1.82, 2.24) is 14.5 Å². The highest BCUT2D eigenvalue weighted by Crippen LogP contribution is 2.06. The van der Waals surface area contributed by atoms with E-state index in [2.05, 4.69) is 9.97 Å². The highest BCUT2D eigenvalue weighted by Gasteiger charge is 2.06. The number of hydrogen-bond acceptors (Lipinski definition) is 4. The van der Waals surface area contributed by atoms with Gasteiger partial charge in [0.05, 0.1) is 6.33 Å². The van der Waals surface area contributed by atoms with E-state index in [1.165, 1.54) is 6.07 Å². The topological polar surface area (TPSA) is 103 Å². The van der Waals surface area contributed by atoms with Gasteiger partial charge in [-0.05, 0) is 0 Å². The second kappa shape index (κ2) is 3.15. The Hall–Kier alpha value is -1.82. The van der Waals surface area contributed by atoms with Crippen LogP contribution in [0.25, 0.3) is 11.2 Å². The number of H-pyrrole nitrogens is 1. The Morgan fingerprint density at radius 3 is 3.07 bits per heavy atom. The molecule has 0 aliphatic heterocycles. The first-order chi connectivity index (χ1) is 6.72. The number of rotatable bonds is 2. The number of fused-ring (bicyclic) bond motifs is 1. The first-order valence-electron chi connectivity index (χ1n) is 4.26. The van der Waals surface area contributed by atoms with Gasteiger partial charge < -0.3 is 21.0 Å². The molecule has 6 heteroatoms. The molecule has 0 bridgehead atoms. The molecule has 74 valence electrons. The maximum atomic E-state index is 11.4. The fourth-order valence-electron chi connectivity index (χ4n) is 1.38. The van der Waals surface area contributed by atoms with Crippen LogP contribution in [0.4, 0.5) is 5.82 Å². The van der Waals surface area contributed by atoms with Crippen molar-refractivity contribution in [1.29, 1.82) is 0 Å². The van der Waals surface area contributed by atoms with Crippen LogP contribution in [0.5, 0.6) is 0 Å². The molecule has 2 heterocycles. The van der Waals surface area contributed by atoms with E-state index in [0.717, 1.165) is 0 Å². The summed E-state index contributed by atoms with van der Waals surface area (Å²) in [6.45, 7) is 1.10. The van der Waals surface area contributed by atoms with E-state index >= 15 is 0 Å².